The van der Waals surface area contributed by atoms with Gasteiger partial charge in [0.05, 0.1) is 10.4 Å². The number of ketones is 1. The van der Waals surface area contributed by atoms with E-state index >= 15 is 0 Å². The maximum Gasteiger partial charge on any atom is 0.206 e. The van der Waals surface area contributed by atoms with E-state index < -0.39 is 5.82 Å². The average molecular weight is 269 g/mol. The Balaban J connectivity index is 2.50. The molecule has 2 aromatic rings. The number of carbonyl (C=O) groups excluding carboxylic acids is 1. The minimum absolute atomic E-state index is 0.0300. The molecule has 1 heterocycles. The Kier molecular flexibility index (Phi) is 3.31. The smallest absolute Gasteiger partial charge is 0.206 e. The molecule has 0 radical (unpaired) electrons. The molecule has 0 saturated carbocycles. The van der Waals surface area contributed by atoms with Crippen molar-refractivity contribution in [2.45, 2.75) is 13.8 Å². The molecule has 0 saturated heterocycles. The molecule has 0 aliphatic carbocycles. The van der Waals surface area contributed by atoms with Crippen molar-refractivity contribution in [1.82, 2.24) is 0 Å². The quantitative estimate of drug-likeness (QED) is 0.739. The second-order valence-corrected chi connectivity index (χ2v) is 5.52. The highest BCUT2D eigenvalue weighted by Crippen LogP contribution is 2.26. The first-order chi connectivity index (χ1) is 7.99. The van der Waals surface area contributed by atoms with Gasteiger partial charge in [-0.1, -0.05) is 11.6 Å². The average Bonchev–Trinajstić information content (AvgIpc) is 2.60. The van der Waals surface area contributed by atoms with E-state index in [0.29, 0.717) is 9.90 Å². The van der Waals surface area contributed by atoms with Crippen LogP contribution in [0.25, 0.3) is 0 Å². The summed E-state index contributed by atoms with van der Waals surface area (Å²) in [5, 5.41) is 0.362. The normalized spacial score (nSPS) is 10.6. The number of benzene rings is 1. The van der Waals surface area contributed by atoms with Crippen LogP contribution in [0.1, 0.15) is 25.7 Å². The van der Waals surface area contributed by atoms with Crippen molar-refractivity contribution >= 4 is 28.7 Å². The number of hydrogen-bond acceptors (Lipinski definition) is 2. The highest BCUT2D eigenvalue weighted by atomic mass is 35.5. The van der Waals surface area contributed by atoms with E-state index in [1.807, 2.05) is 19.9 Å². The number of carbonyl (C=O) groups is 1. The van der Waals surface area contributed by atoms with Gasteiger partial charge in [-0.3, -0.25) is 4.79 Å². The van der Waals surface area contributed by atoms with Crippen LogP contribution < -0.4 is 0 Å². The van der Waals surface area contributed by atoms with Crippen LogP contribution in [0.15, 0.2) is 24.3 Å². The SMILES string of the molecule is Cc1cc(C)c(C(=O)c2cc(Cl)ccc2F)s1. The van der Waals surface area contributed by atoms with Gasteiger partial charge in [0.1, 0.15) is 5.82 Å². The van der Waals surface area contributed by atoms with Crippen LogP contribution in [0, 0.1) is 19.7 Å². The lowest BCUT2D eigenvalue weighted by atomic mass is 10.1. The van der Waals surface area contributed by atoms with Crippen molar-refractivity contribution in [3.63, 3.8) is 0 Å². The number of hydrogen-bond donors (Lipinski definition) is 0. The predicted molar refractivity (Wildman–Crippen MR) is 68.6 cm³/mol. The lowest BCUT2D eigenvalue weighted by Crippen LogP contribution is -2.03. The van der Waals surface area contributed by atoms with E-state index in [1.54, 1.807) is 0 Å². The van der Waals surface area contributed by atoms with Crippen molar-refractivity contribution in [2.24, 2.45) is 0 Å². The molecule has 17 heavy (non-hydrogen) atoms. The van der Waals surface area contributed by atoms with E-state index in [9.17, 15) is 9.18 Å². The Morgan fingerprint density at radius 1 is 1.29 bits per heavy atom. The van der Waals surface area contributed by atoms with Crippen molar-refractivity contribution in [2.75, 3.05) is 0 Å². The van der Waals surface area contributed by atoms with Gasteiger partial charge in [0.25, 0.3) is 0 Å². The number of thiophene rings is 1. The largest absolute Gasteiger partial charge is 0.288 e. The van der Waals surface area contributed by atoms with Gasteiger partial charge >= 0.3 is 0 Å². The van der Waals surface area contributed by atoms with Gasteiger partial charge in [0, 0.05) is 9.90 Å². The summed E-state index contributed by atoms with van der Waals surface area (Å²) in [4.78, 5) is 13.8. The number of rotatable bonds is 2. The topological polar surface area (TPSA) is 17.1 Å². The molecule has 1 aromatic heterocycles. The Bertz CT molecular complexity index is 589. The monoisotopic (exact) mass is 268 g/mol. The summed E-state index contributed by atoms with van der Waals surface area (Å²) in [5.41, 5.74) is 0.902. The lowest BCUT2D eigenvalue weighted by Gasteiger charge is -2.02. The molecule has 0 atom stereocenters. The van der Waals surface area contributed by atoms with E-state index in [4.69, 9.17) is 11.6 Å². The molecule has 2 rings (SSSR count). The van der Waals surface area contributed by atoms with E-state index in [2.05, 4.69) is 0 Å². The van der Waals surface area contributed by atoms with Crippen LogP contribution in [0.4, 0.5) is 4.39 Å². The second-order valence-electron chi connectivity index (χ2n) is 3.82. The van der Waals surface area contributed by atoms with Crippen LogP contribution in [0.3, 0.4) is 0 Å². The Morgan fingerprint density at radius 3 is 2.59 bits per heavy atom. The minimum Gasteiger partial charge on any atom is -0.288 e. The zero-order chi connectivity index (χ0) is 12.6. The van der Waals surface area contributed by atoms with E-state index in [1.165, 1.54) is 29.5 Å². The van der Waals surface area contributed by atoms with Gasteiger partial charge < -0.3 is 0 Å². The third-order valence-electron chi connectivity index (χ3n) is 2.42. The lowest BCUT2D eigenvalue weighted by molar-refractivity contribution is 0.103. The summed E-state index contributed by atoms with van der Waals surface area (Å²) in [5.74, 6) is -0.842. The molecule has 0 bridgehead atoms. The Morgan fingerprint density at radius 2 is 2.00 bits per heavy atom. The predicted octanol–water partition coefficient (Wildman–Crippen LogP) is 4.39. The van der Waals surface area contributed by atoms with Crippen molar-refractivity contribution in [3.05, 3.63) is 56.0 Å². The van der Waals surface area contributed by atoms with Crippen LogP contribution >= 0.6 is 22.9 Å². The third kappa shape index (κ3) is 2.40. The van der Waals surface area contributed by atoms with Gasteiger partial charge in [-0.15, -0.1) is 11.3 Å². The van der Waals surface area contributed by atoms with E-state index in [0.717, 1.165) is 10.4 Å². The van der Waals surface area contributed by atoms with Gasteiger partial charge in [0.15, 0.2) is 0 Å². The molecule has 88 valence electrons. The zero-order valence-electron chi connectivity index (χ0n) is 9.38. The molecule has 0 spiro atoms. The summed E-state index contributed by atoms with van der Waals surface area (Å²) < 4.78 is 13.6. The van der Waals surface area contributed by atoms with Crippen LogP contribution in [-0.4, -0.2) is 5.78 Å². The first-order valence-corrected chi connectivity index (χ1v) is 6.25. The first-order valence-electron chi connectivity index (χ1n) is 5.06. The fourth-order valence-corrected chi connectivity index (χ4v) is 2.81. The minimum atomic E-state index is -0.537. The molecular weight excluding hydrogens is 259 g/mol. The van der Waals surface area contributed by atoms with Crippen molar-refractivity contribution < 1.29 is 9.18 Å². The molecule has 0 fully saturated rings. The highest BCUT2D eigenvalue weighted by molar-refractivity contribution is 7.14. The maximum atomic E-state index is 13.6. The fourth-order valence-electron chi connectivity index (χ4n) is 1.66. The van der Waals surface area contributed by atoms with Gasteiger partial charge in [-0.25, -0.2) is 4.39 Å². The zero-order valence-corrected chi connectivity index (χ0v) is 11.0. The standard InChI is InChI=1S/C13H10ClFOS/c1-7-5-8(2)17-13(7)12(16)10-6-9(14)3-4-11(10)15/h3-6H,1-2H3. The van der Waals surface area contributed by atoms with Crippen molar-refractivity contribution in [1.29, 1.82) is 0 Å². The van der Waals surface area contributed by atoms with Gasteiger partial charge in [-0.05, 0) is 43.7 Å². The Labute approximate surface area is 108 Å². The molecule has 0 unspecified atom stereocenters. The van der Waals surface area contributed by atoms with Crippen LogP contribution in [0.5, 0.6) is 0 Å². The molecule has 0 aliphatic rings. The molecule has 0 amide bonds. The summed E-state index contributed by atoms with van der Waals surface area (Å²) in [7, 11) is 0. The van der Waals surface area contributed by atoms with E-state index in [-0.39, 0.29) is 11.3 Å². The number of aryl methyl sites for hydroxylation is 2. The summed E-state index contributed by atoms with van der Waals surface area (Å²) in [6.45, 7) is 3.77. The number of halogens is 2. The Hall–Kier alpha value is -1.19. The first kappa shape index (κ1) is 12.3. The van der Waals surface area contributed by atoms with Crippen LogP contribution in [-0.2, 0) is 0 Å². The summed E-state index contributed by atoms with van der Waals surface area (Å²) in [6, 6.07) is 5.93. The second kappa shape index (κ2) is 4.59. The highest BCUT2D eigenvalue weighted by Gasteiger charge is 2.18. The third-order valence-corrected chi connectivity index (χ3v) is 3.81. The maximum absolute atomic E-state index is 13.6. The van der Waals surface area contributed by atoms with Gasteiger partial charge in [-0.2, -0.15) is 0 Å². The van der Waals surface area contributed by atoms with Crippen molar-refractivity contribution in [3.8, 4) is 0 Å². The molecule has 0 aliphatic heterocycles. The molecule has 0 N–H and O–H groups in total. The molecule has 4 heteroatoms. The fraction of sp³-hybridized carbons (Fsp3) is 0.154. The summed E-state index contributed by atoms with van der Waals surface area (Å²) in [6.07, 6.45) is 0. The molecule has 1 aromatic carbocycles. The molecule has 1 nitrogen and oxygen atoms in total. The van der Waals surface area contributed by atoms with Crippen LogP contribution in [0.2, 0.25) is 5.02 Å². The summed E-state index contributed by atoms with van der Waals surface area (Å²) >= 11 is 7.15. The van der Waals surface area contributed by atoms with Gasteiger partial charge in [0.2, 0.25) is 5.78 Å². The molecular formula is C13H10ClFOS.